The maximum absolute atomic E-state index is 12.6. The van der Waals surface area contributed by atoms with E-state index >= 15 is 0 Å². The summed E-state index contributed by atoms with van der Waals surface area (Å²) in [4.78, 5) is 17.2. The van der Waals surface area contributed by atoms with Crippen LogP contribution in [0.5, 0.6) is 0 Å². The molecular weight excluding hydrogens is 248 g/mol. The molecule has 20 heavy (non-hydrogen) atoms. The molecule has 2 saturated heterocycles. The molecule has 2 aliphatic heterocycles. The molecule has 0 aromatic carbocycles. The summed E-state index contributed by atoms with van der Waals surface area (Å²) in [7, 11) is 0. The Kier molecular flexibility index (Phi) is 5.48. The third-order valence-corrected chi connectivity index (χ3v) is 5.03. The Bertz CT molecular complexity index is 319. The molecule has 0 spiro atoms. The van der Waals surface area contributed by atoms with E-state index in [-0.39, 0.29) is 5.92 Å². The molecule has 0 N–H and O–H groups in total. The molecule has 0 radical (unpaired) electrons. The zero-order chi connectivity index (χ0) is 14.7. The maximum Gasteiger partial charge on any atom is 0.227 e. The molecule has 0 aliphatic carbocycles. The van der Waals surface area contributed by atoms with Crippen LogP contribution in [0.1, 0.15) is 53.4 Å². The third kappa shape index (κ3) is 3.97. The molecule has 116 valence electrons. The van der Waals surface area contributed by atoms with Crippen molar-refractivity contribution in [1.82, 2.24) is 9.80 Å². The first-order valence-electron chi connectivity index (χ1n) is 8.50. The van der Waals surface area contributed by atoms with Crippen LogP contribution >= 0.6 is 0 Å². The Morgan fingerprint density at radius 2 is 1.70 bits per heavy atom. The van der Waals surface area contributed by atoms with Crippen molar-refractivity contribution < 1.29 is 4.79 Å². The van der Waals surface area contributed by atoms with Crippen molar-refractivity contribution in [3.63, 3.8) is 0 Å². The first-order valence-corrected chi connectivity index (χ1v) is 8.50. The Balaban J connectivity index is 1.78. The first kappa shape index (κ1) is 15.8. The van der Waals surface area contributed by atoms with Crippen LogP contribution < -0.4 is 0 Å². The molecule has 2 fully saturated rings. The molecule has 0 aromatic rings. The predicted octanol–water partition coefficient (Wildman–Crippen LogP) is 3.00. The highest BCUT2D eigenvalue weighted by molar-refractivity contribution is 5.79. The number of rotatable bonds is 4. The van der Waals surface area contributed by atoms with E-state index in [0.29, 0.717) is 11.9 Å². The molecule has 2 heterocycles. The average molecular weight is 280 g/mol. The van der Waals surface area contributed by atoms with Crippen molar-refractivity contribution >= 4 is 5.91 Å². The van der Waals surface area contributed by atoms with E-state index in [4.69, 9.17) is 0 Å². The van der Waals surface area contributed by atoms with Crippen molar-refractivity contribution in [3.05, 3.63) is 0 Å². The molecule has 0 aromatic heterocycles. The van der Waals surface area contributed by atoms with E-state index < -0.39 is 0 Å². The summed E-state index contributed by atoms with van der Waals surface area (Å²) < 4.78 is 0. The van der Waals surface area contributed by atoms with E-state index in [9.17, 15) is 4.79 Å². The number of piperidine rings is 1. The second-order valence-corrected chi connectivity index (χ2v) is 7.47. The Hall–Kier alpha value is -0.570. The molecule has 2 aliphatic rings. The molecular formula is C17H32N2O. The fraction of sp³-hybridized carbons (Fsp3) is 0.941. The number of hydrogen-bond acceptors (Lipinski definition) is 2. The van der Waals surface area contributed by atoms with Crippen LogP contribution in [0.25, 0.3) is 0 Å². The van der Waals surface area contributed by atoms with Gasteiger partial charge in [-0.1, -0.05) is 13.8 Å². The summed E-state index contributed by atoms with van der Waals surface area (Å²) in [6.45, 7) is 13.1. The summed E-state index contributed by atoms with van der Waals surface area (Å²) in [6, 6.07) is 0.574. The quantitative estimate of drug-likeness (QED) is 0.790. The van der Waals surface area contributed by atoms with E-state index in [1.807, 2.05) is 0 Å². The average Bonchev–Trinajstić information content (AvgIpc) is 2.88. The normalized spacial score (nSPS) is 25.9. The Morgan fingerprint density at radius 1 is 1.05 bits per heavy atom. The van der Waals surface area contributed by atoms with Gasteiger partial charge in [0.25, 0.3) is 0 Å². The molecule has 0 saturated carbocycles. The monoisotopic (exact) mass is 280 g/mol. The lowest BCUT2D eigenvalue weighted by Crippen LogP contribution is -2.43. The van der Waals surface area contributed by atoms with Gasteiger partial charge in [0.15, 0.2) is 0 Å². The Morgan fingerprint density at radius 3 is 2.20 bits per heavy atom. The lowest BCUT2D eigenvalue weighted by atomic mass is 9.88. The van der Waals surface area contributed by atoms with Crippen LogP contribution in [-0.4, -0.2) is 47.9 Å². The second-order valence-electron chi connectivity index (χ2n) is 7.47. The van der Waals surface area contributed by atoms with Crippen molar-refractivity contribution in [3.8, 4) is 0 Å². The molecule has 1 atom stereocenters. The molecule has 0 bridgehead atoms. The summed E-state index contributed by atoms with van der Waals surface area (Å²) in [5, 5.41) is 0. The van der Waals surface area contributed by atoms with Gasteiger partial charge in [0.1, 0.15) is 0 Å². The van der Waals surface area contributed by atoms with Gasteiger partial charge < -0.3 is 9.80 Å². The van der Waals surface area contributed by atoms with E-state index in [2.05, 4.69) is 37.5 Å². The van der Waals surface area contributed by atoms with Gasteiger partial charge in [-0.15, -0.1) is 0 Å². The third-order valence-electron chi connectivity index (χ3n) is 5.03. The minimum Gasteiger partial charge on any atom is -0.342 e. The van der Waals surface area contributed by atoms with Crippen molar-refractivity contribution in [1.29, 1.82) is 0 Å². The van der Waals surface area contributed by atoms with Gasteiger partial charge in [0, 0.05) is 25.7 Å². The van der Waals surface area contributed by atoms with Crippen molar-refractivity contribution in [2.75, 3.05) is 26.2 Å². The summed E-state index contributed by atoms with van der Waals surface area (Å²) >= 11 is 0. The van der Waals surface area contributed by atoms with Crippen LogP contribution in [-0.2, 0) is 4.79 Å². The van der Waals surface area contributed by atoms with Gasteiger partial charge in [-0.2, -0.15) is 0 Å². The minimum absolute atomic E-state index is 0.263. The first-order chi connectivity index (χ1) is 9.47. The van der Waals surface area contributed by atoms with Gasteiger partial charge >= 0.3 is 0 Å². The molecule has 1 amide bonds. The minimum atomic E-state index is 0.263. The van der Waals surface area contributed by atoms with Crippen LogP contribution in [0.15, 0.2) is 0 Å². The second kappa shape index (κ2) is 6.93. The number of nitrogens with zero attached hydrogens (tertiary/aromatic N) is 2. The molecule has 3 nitrogen and oxygen atoms in total. The number of carbonyl (C=O) groups excluding carboxylic acids is 1. The van der Waals surface area contributed by atoms with Gasteiger partial charge in [0.05, 0.1) is 5.92 Å². The topological polar surface area (TPSA) is 23.6 Å². The van der Waals surface area contributed by atoms with Gasteiger partial charge in [-0.05, 0) is 57.9 Å². The summed E-state index contributed by atoms with van der Waals surface area (Å²) in [5.74, 6) is 2.32. The predicted molar refractivity (Wildman–Crippen MR) is 83.6 cm³/mol. The number of amides is 1. The van der Waals surface area contributed by atoms with Crippen LogP contribution in [0.3, 0.4) is 0 Å². The number of carbonyl (C=O) groups is 1. The van der Waals surface area contributed by atoms with Crippen LogP contribution in [0, 0.1) is 17.8 Å². The number of likely N-dealkylation sites (tertiary alicyclic amines) is 2. The highest BCUT2D eigenvalue weighted by atomic mass is 16.2. The summed E-state index contributed by atoms with van der Waals surface area (Å²) in [6.07, 6.45) is 4.81. The van der Waals surface area contributed by atoms with Gasteiger partial charge in [-0.25, -0.2) is 0 Å². The summed E-state index contributed by atoms with van der Waals surface area (Å²) in [5.41, 5.74) is 0. The standard InChI is InChI=1S/C17H32N2O/c1-13(2)11-15-5-8-18(9-6-15)17(20)16-7-10-19(12-16)14(3)4/h13-16H,5-12H2,1-4H3/t16-/m0/s1. The van der Waals surface area contributed by atoms with Gasteiger partial charge in [-0.3, -0.25) is 4.79 Å². The Labute approximate surface area is 124 Å². The number of hydrogen-bond donors (Lipinski definition) is 0. The van der Waals surface area contributed by atoms with Gasteiger partial charge in [0.2, 0.25) is 5.91 Å². The van der Waals surface area contributed by atoms with Crippen molar-refractivity contribution in [2.45, 2.75) is 59.4 Å². The smallest absolute Gasteiger partial charge is 0.227 e. The molecule has 3 heteroatoms. The highest BCUT2D eigenvalue weighted by Crippen LogP contribution is 2.27. The molecule has 0 unspecified atom stereocenters. The van der Waals surface area contributed by atoms with E-state index in [0.717, 1.165) is 44.4 Å². The fourth-order valence-electron chi connectivity index (χ4n) is 3.77. The SMILES string of the molecule is CC(C)CC1CCN(C(=O)[C@H]2CCN(C(C)C)C2)CC1. The highest BCUT2D eigenvalue weighted by Gasteiger charge is 2.33. The van der Waals surface area contributed by atoms with Crippen LogP contribution in [0.2, 0.25) is 0 Å². The lowest BCUT2D eigenvalue weighted by Gasteiger charge is -2.34. The molecule has 2 rings (SSSR count). The lowest BCUT2D eigenvalue weighted by molar-refractivity contribution is -0.136. The van der Waals surface area contributed by atoms with E-state index in [1.165, 1.54) is 19.3 Å². The van der Waals surface area contributed by atoms with Crippen molar-refractivity contribution in [2.24, 2.45) is 17.8 Å². The van der Waals surface area contributed by atoms with E-state index in [1.54, 1.807) is 0 Å². The zero-order valence-corrected chi connectivity index (χ0v) is 13.8. The van der Waals surface area contributed by atoms with Crippen LogP contribution in [0.4, 0.5) is 0 Å². The maximum atomic E-state index is 12.6. The zero-order valence-electron chi connectivity index (χ0n) is 13.8. The largest absolute Gasteiger partial charge is 0.342 e. The fourth-order valence-corrected chi connectivity index (χ4v) is 3.77.